The third kappa shape index (κ3) is 2.80. The van der Waals surface area contributed by atoms with E-state index in [1.165, 1.54) is 6.42 Å². The first-order valence-electron chi connectivity index (χ1n) is 6.82. The van der Waals surface area contributed by atoms with E-state index in [1.54, 1.807) is 4.68 Å². The second-order valence-corrected chi connectivity index (χ2v) is 5.07. The Morgan fingerprint density at radius 2 is 2.17 bits per heavy atom. The van der Waals surface area contributed by atoms with E-state index in [2.05, 4.69) is 5.10 Å². The van der Waals surface area contributed by atoms with E-state index in [0.717, 1.165) is 31.4 Å². The quantitative estimate of drug-likeness (QED) is 0.805. The fourth-order valence-electron chi connectivity index (χ4n) is 2.79. The summed E-state index contributed by atoms with van der Waals surface area (Å²) in [5.74, 6) is 0.197. The molecule has 0 radical (unpaired) electrons. The molecule has 1 aromatic rings. The summed E-state index contributed by atoms with van der Waals surface area (Å²) in [4.78, 5) is 12.5. The molecule has 0 bridgehead atoms. The lowest BCUT2D eigenvalue weighted by molar-refractivity contribution is -0.148. The van der Waals surface area contributed by atoms with Crippen molar-refractivity contribution in [2.24, 2.45) is 7.05 Å². The van der Waals surface area contributed by atoms with Gasteiger partial charge in [-0.2, -0.15) is 5.10 Å². The molecule has 0 spiro atoms. The van der Waals surface area contributed by atoms with E-state index >= 15 is 0 Å². The van der Waals surface area contributed by atoms with Gasteiger partial charge in [0, 0.05) is 19.9 Å². The van der Waals surface area contributed by atoms with Crippen LogP contribution >= 0.6 is 0 Å². The zero-order valence-corrected chi connectivity index (χ0v) is 11.3. The molecule has 0 unspecified atom stereocenters. The van der Waals surface area contributed by atoms with Crippen molar-refractivity contribution in [3.05, 3.63) is 18.0 Å². The minimum atomic E-state index is -0.537. The molecule has 0 amide bonds. The molecule has 4 nitrogen and oxygen atoms in total. The molecule has 100 valence electrons. The molecule has 0 saturated heterocycles. The minimum absolute atomic E-state index is 0.197. The van der Waals surface area contributed by atoms with Crippen LogP contribution in [0.5, 0.6) is 0 Å². The van der Waals surface area contributed by atoms with E-state index in [9.17, 15) is 4.79 Å². The molecule has 0 aliphatic heterocycles. The first kappa shape index (κ1) is 13.3. The van der Waals surface area contributed by atoms with Crippen molar-refractivity contribution in [2.45, 2.75) is 51.0 Å². The van der Waals surface area contributed by atoms with Gasteiger partial charge in [-0.1, -0.05) is 19.3 Å². The molecule has 2 rings (SSSR count). The highest BCUT2D eigenvalue weighted by Gasteiger charge is 2.39. The Bertz CT molecular complexity index is 400. The van der Waals surface area contributed by atoms with Gasteiger partial charge >= 0.3 is 0 Å². The van der Waals surface area contributed by atoms with Crippen molar-refractivity contribution in [2.75, 3.05) is 6.61 Å². The highest BCUT2D eigenvalue weighted by molar-refractivity contribution is 5.89. The summed E-state index contributed by atoms with van der Waals surface area (Å²) in [6.07, 6.45) is 7.39. The summed E-state index contributed by atoms with van der Waals surface area (Å²) in [5.41, 5.74) is 0.303. The number of Topliss-reactive ketones (excluding diaryl/α,β-unsaturated/α-hetero) is 1. The smallest absolute Gasteiger partial charge is 0.170 e. The number of hydrogen-bond acceptors (Lipinski definition) is 3. The van der Waals surface area contributed by atoms with Crippen LogP contribution < -0.4 is 0 Å². The summed E-state index contributed by atoms with van der Waals surface area (Å²) in [6.45, 7) is 2.57. The number of carbonyl (C=O) groups excluding carboxylic acids is 1. The molecule has 4 heteroatoms. The average molecular weight is 250 g/mol. The van der Waals surface area contributed by atoms with E-state index < -0.39 is 5.60 Å². The number of ketones is 1. The van der Waals surface area contributed by atoms with Crippen LogP contribution in [0.4, 0.5) is 0 Å². The van der Waals surface area contributed by atoms with Gasteiger partial charge in [0.1, 0.15) is 5.60 Å². The first-order chi connectivity index (χ1) is 8.66. The molecular weight excluding hydrogens is 228 g/mol. The predicted octanol–water partition coefficient (Wildman–Crippen LogP) is 2.27. The first-order valence-corrected chi connectivity index (χ1v) is 6.82. The Kier molecular flexibility index (Phi) is 4.17. The van der Waals surface area contributed by atoms with Gasteiger partial charge in [-0.3, -0.25) is 9.48 Å². The number of aromatic nitrogens is 2. The molecular formula is C14H22N2O2. The average Bonchev–Trinajstić information content (AvgIpc) is 2.76. The Labute approximate surface area is 108 Å². The normalized spacial score (nSPS) is 18.8. The predicted molar refractivity (Wildman–Crippen MR) is 69.4 cm³/mol. The largest absolute Gasteiger partial charge is 0.367 e. The molecule has 18 heavy (non-hydrogen) atoms. The Morgan fingerprint density at radius 3 is 2.72 bits per heavy atom. The number of hydrogen-bond donors (Lipinski definition) is 0. The van der Waals surface area contributed by atoms with Crippen molar-refractivity contribution in [3.63, 3.8) is 0 Å². The lowest BCUT2D eigenvalue weighted by Crippen LogP contribution is -2.44. The van der Waals surface area contributed by atoms with Crippen LogP contribution in [-0.4, -0.2) is 27.8 Å². The van der Waals surface area contributed by atoms with Crippen molar-refractivity contribution >= 4 is 5.78 Å². The second-order valence-electron chi connectivity index (χ2n) is 5.07. The molecule has 1 saturated carbocycles. The zero-order chi connectivity index (χ0) is 13.0. The Hall–Kier alpha value is -1.16. The van der Waals surface area contributed by atoms with E-state index in [1.807, 2.05) is 26.2 Å². The van der Waals surface area contributed by atoms with Gasteiger partial charge in [0.05, 0.1) is 12.1 Å². The third-order valence-electron chi connectivity index (χ3n) is 3.70. The lowest BCUT2D eigenvalue weighted by atomic mass is 9.80. The number of ether oxygens (including phenoxy) is 1. The monoisotopic (exact) mass is 250 g/mol. The third-order valence-corrected chi connectivity index (χ3v) is 3.70. The van der Waals surface area contributed by atoms with Gasteiger partial charge in [0.25, 0.3) is 0 Å². The molecule has 0 N–H and O–H groups in total. The highest BCUT2D eigenvalue weighted by Crippen LogP contribution is 2.33. The van der Waals surface area contributed by atoms with Gasteiger partial charge in [0.2, 0.25) is 0 Å². The fraction of sp³-hybridized carbons (Fsp3) is 0.714. The Balaban J connectivity index is 2.08. The summed E-state index contributed by atoms with van der Waals surface area (Å²) >= 11 is 0. The van der Waals surface area contributed by atoms with Crippen molar-refractivity contribution in [1.29, 1.82) is 0 Å². The summed E-state index contributed by atoms with van der Waals surface area (Å²) in [7, 11) is 1.87. The van der Waals surface area contributed by atoms with E-state index in [4.69, 9.17) is 4.74 Å². The van der Waals surface area contributed by atoms with Crippen LogP contribution in [0, 0.1) is 0 Å². The molecule has 1 aliphatic carbocycles. The van der Waals surface area contributed by atoms with Gasteiger partial charge in [-0.15, -0.1) is 0 Å². The van der Waals surface area contributed by atoms with Gasteiger partial charge < -0.3 is 4.74 Å². The minimum Gasteiger partial charge on any atom is -0.367 e. The zero-order valence-electron chi connectivity index (χ0n) is 11.3. The van der Waals surface area contributed by atoms with Crippen LogP contribution in [0.2, 0.25) is 0 Å². The van der Waals surface area contributed by atoms with Crippen LogP contribution in [0.15, 0.2) is 12.3 Å². The van der Waals surface area contributed by atoms with Gasteiger partial charge in [0.15, 0.2) is 5.78 Å². The van der Waals surface area contributed by atoms with Gasteiger partial charge in [-0.25, -0.2) is 0 Å². The maximum absolute atomic E-state index is 12.5. The molecule has 0 aromatic carbocycles. The van der Waals surface area contributed by atoms with Crippen LogP contribution in [0.3, 0.4) is 0 Å². The maximum atomic E-state index is 12.5. The molecule has 1 heterocycles. The molecule has 1 fully saturated rings. The Morgan fingerprint density at radius 1 is 1.44 bits per heavy atom. The van der Waals surface area contributed by atoms with Crippen LogP contribution in [0.25, 0.3) is 0 Å². The van der Waals surface area contributed by atoms with Gasteiger partial charge in [-0.05, 0) is 25.8 Å². The summed E-state index contributed by atoms with van der Waals surface area (Å²) in [6, 6.07) is 1.90. The number of rotatable bonds is 5. The SMILES string of the molecule is CCOC1(C(=O)Cc2ccn(C)n2)CCCCC1. The lowest BCUT2D eigenvalue weighted by Gasteiger charge is -2.35. The van der Waals surface area contributed by atoms with Crippen LogP contribution in [0.1, 0.15) is 44.7 Å². The highest BCUT2D eigenvalue weighted by atomic mass is 16.5. The van der Waals surface area contributed by atoms with Crippen molar-refractivity contribution in [3.8, 4) is 0 Å². The number of aryl methyl sites for hydroxylation is 1. The van der Waals surface area contributed by atoms with Crippen molar-refractivity contribution in [1.82, 2.24) is 9.78 Å². The number of nitrogens with zero attached hydrogens (tertiary/aromatic N) is 2. The van der Waals surface area contributed by atoms with E-state index in [-0.39, 0.29) is 5.78 Å². The fourth-order valence-corrected chi connectivity index (χ4v) is 2.79. The number of carbonyl (C=O) groups is 1. The molecule has 1 aromatic heterocycles. The molecule has 1 aliphatic rings. The topological polar surface area (TPSA) is 44.1 Å². The summed E-state index contributed by atoms with van der Waals surface area (Å²) in [5, 5.41) is 4.28. The molecule has 0 atom stereocenters. The van der Waals surface area contributed by atoms with Crippen molar-refractivity contribution < 1.29 is 9.53 Å². The maximum Gasteiger partial charge on any atom is 0.170 e. The van der Waals surface area contributed by atoms with Crippen LogP contribution in [-0.2, 0) is 23.0 Å². The summed E-state index contributed by atoms with van der Waals surface area (Å²) < 4.78 is 7.56. The van der Waals surface area contributed by atoms with E-state index in [0.29, 0.717) is 13.0 Å². The standard InChI is InChI=1S/C14H22N2O2/c1-3-18-14(8-5-4-6-9-14)13(17)11-12-7-10-16(2)15-12/h7,10H,3-6,8-9,11H2,1-2H3. The second kappa shape index (κ2) is 5.65.